The van der Waals surface area contributed by atoms with Gasteiger partial charge in [-0.2, -0.15) is 5.10 Å². The third-order valence-electron chi connectivity index (χ3n) is 3.17. The van der Waals surface area contributed by atoms with Crippen molar-refractivity contribution in [2.45, 2.75) is 0 Å². The summed E-state index contributed by atoms with van der Waals surface area (Å²) in [5, 5.41) is 10.3. The molecule has 22 heavy (non-hydrogen) atoms. The highest BCUT2D eigenvalue weighted by atomic mass is 35.5. The molecule has 0 atom stereocenters. The number of rotatable bonds is 3. The third-order valence-corrected chi connectivity index (χ3v) is 3.42. The highest BCUT2D eigenvalue weighted by Crippen LogP contribution is 2.21. The Bertz CT molecular complexity index is 811. The number of halogens is 1. The van der Waals surface area contributed by atoms with Crippen molar-refractivity contribution in [2.75, 3.05) is 11.1 Å². The van der Waals surface area contributed by atoms with Crippen LogP contribution in [-0.4, -0.2) is 16.1 Å². The summed E-state index contributed by atoms with van der Waals surface area (Å²) in [6, 6.07) is 16.0. The maximum Gasteiger partial charge on any atom is 0.273 e. The molecule has 0 saturated heterocycles. The lowest BCUT2D eigenvalue weighted by Gasteiger charge is -2.05. The van der Waals surface area contributed by atoms with Crippen LogP contribution in [0.15, 0.2) is 54.6 Å². The van der Waals surface area contributed by atoms with Crippen LogP contribution in [0.4, 0.5) is 11.4 Å². The maximum absolute atomic E-state index is 12.2. The molecule has 1 amide bonds. The van der Waals surface area contributed by atoms with Crippen LogP contribution >= 0.6 is 11.6 Å². The van der Waals surface area contributed by atoms with Crippen molar-refractivity contribution in [1.29, 1.82) is 0 Å². The van der Waals surface area contributed by atoms with E-state index < -0.39 is 0 Å². The van der Waals surface area contributed by atoms with Crippen LogP contribution in [0.25, 0.3) is 11.3 Å². The van der Waals surface area contributed by atoms with E-state index in [1.807, 2.05) is 12.1 Å². The van der Waals surface area contributed by atoms with E-state index in [0.717, 1.165) is 5.56 Å². The second-order valence-corrected chi connectivity index (χ2v) is 5.15. The second-order valence-electron chi connectivity index (χ2n) is 4.72. The quantitative estimate of drug-likeness (QED) is 0.646. The molecule has 0 fully saturated rings. The molecule has 6 heteroatoms. The van der Waals surface area contributed by atoms with E-state index in [4.69, 9.17) is 17.3 Å². The zero-order valence-corrected chi connectivity index (χ0v) is 12.3. The van der Waals surface area contributed by atoms with Gasteiger partial charge in [0.25, 0.3) is 5.91 Å². The van der Waals surface area contributed by atoms with Gasteiger partial charge in [0.1, 0.15) is 5.69 Å². The Kier molecular flexibility index (Phi) is 3.80. The number of carbonyl (C=O) groups excluding carboxylic acids is 1. The van der Waals surface area contributed by atoms with Gasteiger partial charge in [-0.25, -0.2) is 0 Å². The smallest absolute Gasteiger partial charge is 0.273 e. The molecule has 0 spiro atoms. The number of nitrogens with one attached hydrogen (secondary N) is 2. The summed E-state index contributed by atoms with van der Waals surface area (Å²) >= 11 is 5.86. The van der Waals surface area contributed by atoms with Crippen molar-refractivity contribution < 1.29 is 4.79 Å². The minimum atomic E-state index is -0.300. The summed E-state index contributed by atoms with van der Waals surface area (Å²) in [4.78, 5) is 12.2. The van der Waals surface area contributed by atoms with Gasteiger partial charge in [-0.05, 0) is 30.3 Å². The molecule has 5 nitrogen and oxygen atoms in total. The lowest BCUT2D eigenvalue weighted by atomic mass is 10.1. The first kappa shape index (κ1) is 14.2. The van der Waals surface area contributed by atoms with Crippen molar-refractivity contribution in [2.24, 2.45) is 0 Å². The van der Waals surface area contributed by atoms with E-state index in [1.165, 1.54) is 0 Å². The van der Waals surface area contributed by atoms with Gasteiger partial charge in [-0.15, -0.1) is 0 Å². The number of aromatic nitrogens is 2. The van der Waals surface area contributed by atoms with Crippen molar-refractivity contribution in [1.82, 2.24) is 10.2 Å². The first-order chi connectivity index (χ1) is 10.6. The van der Waals surface area contributed by atoms with Crippen LogP contribution in [-0.2, 0) is 0 Å². The highest BCUT2D eigenvalue weighted by molar-refractivity contribution is 6.30. The molecule has 110 valence electrons. The third kappa shape index (κ3) is 2.94. The standard InChI is InChI=1S/C16H13ClN4O/c17-11-7-5-10(6-8-11)14-9-15(21-20-14)16(22)19-13-4-2-1-3-12(13)18/h1-9H,18H2,(H,19,22)(H,20,21). The number of benzene rings is 2. The van der Waals surface area contributed by atoms with Gasteiger partial charge >= 0.3 is 0 Å². The van der Waals surface area contributed by atoms with Crippen LogP contribution in [0.1, 0.15) is 10.5 Å². The fourth-order valence-electron chi connectivity index (χ4n) is 2.01. The SMILES string of the molecule is Nc1ccccc1NC(=O)c1cc(-c2ccc(Cl)cc2)n[nH]1. The lowest BCUT2D eigenvalue weighted by molar-refractivity contribution is 0.102. The first-order valence-electron chi connectivity index (χ1n) is 6.61. The average Bonchev–Trinajstić information content (AvgIpc) is 3.00. The van der Waals surface area contributed by atoms with Crippen molar-refractivity contribution in [3.8, 4) is 11.3 Å². The number of nitrogens with two attached hydrogens (primary N) is 1. The molecule has 0 aliphatic heterocycles. The minimum Gasteiger partial charge on any atom is -0.397 e. The van der Waals surface area contributed by atoms with Gasteiger partial charge in [0, 0.05) is 10.6 Å². The monoisotopic (exact) mass is 312 g/mol. The van der Waals surface area contributed by atoms with E-state index in [-0.39, 0.29) is 5.91 Å². The maximum atomic E-state index is 12.2. The van der Waals surface area contributed by atoms with Crippen LogP contribution in [0.2, 0.25) is 5.02 Å². The topological polar surface area (TPSA) is 83.8 Å². The molecule has 0 radical (unpaired) electrons. The molecule has 0 unspecified atom stereocenters. The predicted octanol–water partition coefficient (Wildman–Crippen LogP) is 3.56. The van der Waals surface area contributed by atoms with Crippen LogP contribution in [0.3, 0.4) is 0 Å². The molecule has 3 rings (SSSR count). The van der Waals surface area contributed by atoms with E-state index in [2.05, 4.69) is 15.5 Å². The van der Waals surface area contributed by atoms with E-state index in [9.17, 15) is 4.79 Å². The van der Waals surface area contributed by atoms with E-state index in [1.54, 1.807) is 42.5 Å². The summed E-state index contributed by atoms with van der Waals surface area (Å²) in [5.74, 6) is -0.300. The second kappa shape index (κ2) is 5.91. The Balaban J connectivity index is 1.80. The summed E-state index contributed by atoms with van der Waals surface area (Å²) < 4.78 is 0. The Morgan fingerprint density at radius 2 is 1.86 bits per heavy atom. The number of carbonyl (C=O) groups is 1. The molecule has 4 N–H and O–H groups in total. The molecule has 2 aromatic carbocycles. The van der Waals surface area contributed by atoms with Crippen LogP contribution < -0.4 is 11.1 Å². The van der Waals surface area contributed by atoms with Gasteiger partial charge in [-0.1, -0.05) is 35.9 Å². The Hall–Kier alpha value is -2.79. The Morgan fingerprint density at radius 1 is 1.14 bits per heavy atom. The Labute approximate surface area is 132 Å². The minimum absolute atomic E-state index is 0.300. The van der Waals surface area contributed by atoms with Crippen molar-refractivity contribution >= 4 is 28.9 Å². The Morgan fingerprint density at radius 3 is 2.59 bits per heavy atom. The summed E-state index contributed by atoms with van der Waals surface area (Å²) in [6.45, 7) is 0. The normalized spacial score (nSPS) is 10.4. The molecule has 0 saturated carbocycles. The van der Waals surface area contributed by atoms with Gasteiger partial charge < -0.3 is 11.1 Å². The van der Waals surface area contributed by atoms with Gasteiger partial charge in [0.2, 0.25) is 0 Å². The van der Waals surface area contributed by atoms with E-state index >= 15 is 0 Å². The fourth-order valence-corrected chi connectivity index (χ4v) is 2.13. The number of hydrogen-bond donors (Lipinski definition) is 3. The summed E-state index contributed by atoms with van der Waals surface area (Å²) in [7, 11) is 0. The average molecular weight is 313 g/mol. The largest absolute Gasteiger partial charge is 0.397 e. The number of nitrogens with zero attached hydrogens (tertiary/aromatic N) is 1. The number of aromatic amines is 1. The number of para-hydroxylation sites is 2. The molecular weight excluding hydrogens is 300 g/mol. The van der Waals surface area contributed by atoms with Gasteiger partial charge in [0.15, 0.2) is 0 Å². The van der Waals surface area contributed by atoms with Gasteiger partial charge in [0.05, 0.1) is 17.1 Å². The van der Waals surface area contributed by atoms with Crippen LogP contribution in [0.5, 0.6) is 0 Å². The molecule has 1 heterocycles. The fraction of sp³-hybridized carbons (Fsp3) is 0. The summed E-state index contributed by atoms with van der Waals surface area (Å²) in [6.07, 6.45) is 0. The van der Waals surface area contributed by atoms with Crippen molar-refractivity contribution in [3.63, 3.8) is 0 Å². The molecule has 0 aliphatic rings. The zero-order chi connectivity index (χ0) is 15.5. The lowest BCUT2D eigenvalue weighted by Crippen LogP contribution is -2.13. The predicted molar refractivity (Wildman–Crippen MR) is 87.8 cm³/mol. The van der Waals surface area contributed by atoms with Crippen LogP contribution in [0, 0.1) is 0 Å². The van der Waals surface area contributed by atoms with E-state index in [0.29, 0.717) is 27.8 Å². The number of amides is 1. The highest BCUT2D eigenvalue weighted by Gasteiger charge is 2.12. The molecule has 1 aromatic heterocycles. The van der Waals surface area contributed by atoms with Gasteiger partial charge in [-0.3, -0.25) is 9.89 Å². The summed E-state index contributed by atoms with van der Waals surface area (Å²) in [5.41, 5.74) is 8.78. The number of anilines is 2. The molecule has 3 aromatic rings. The first-order valence-corrected chi connectivity index (χ1v) is 6.98. The van der Waals surface area contributed by atoms with Crippen molar-refractivity contribution in [3.05, 3.63) is 65.3 Å². The molecule has 0 bridgehead atoms. The number of nitrogen functional groups attached to an aromatic ring is 1. The zero-order valence-electron chi connectivity index (χ0n) is 11.5. The molecular formula is C16H13ClN4O. The number of hydrogen-bond acceptors (Lipinski definition) is 3. The molecule has 0 aliphatic carbocycles. The number of H-pyrrole nitrogens is 1.